The molecule has 1 fully saturated rings. The van der Waals surface area contributed by atoms with E-state index in [2.05, 4.69) is 19.9 Å². The van der Waals surface area contributed by atoms with Gasteiger partial charge < -0.3 is 10.1 Å². The molecular formula is C20H20ClN5O2. The van der Waals surface area contributed by atoms with Gasteiger partial charge in [0.15, 0.2) is 5.65 Å². The molecule has 0 aromatic carbocycles. The topological polar surface area (TPSA) is 99.6 Å². The van der Waals surface area contributed by atoms with Crippen LogP contribution in [-0.2, 0) is 6.54 Å². The van der Waals surface area contributed by atoms with E-state index in [1.54, 1.807) is 23.2 Å². The average Bonchev–Trinajstić information content (AvgIpc) is 3.23. The quantitative estimate of drug-likeness (QED) is 0.492. The molecule has 0 bridgehead atoms. The molecule has 4 heterocycles. The number of halogens is 1. The molecule has 0 unspecified atom stereocenters. The third-order valence-electron chi connectivity index (χ3n) is 5.70. The van der Waals surface area contributed by atoms with Crippen LogP contribution in [0.3, 0.4) is 0 Å². The van der Waals surface area contributed by atoms with E-state index in [1.165, 1.54) is 0 Å². The molecule has 4 aromatic heterocycles. The van der Waals surface area contributed by atoms with Crippen LogP contribution in [0.5, 0.6) is 0 Å². The van der Waals surface area contributed by atoms with Crippen LogP contribution in [0.25, 0.3) is 33.3 Å². The van der Waals surface area contributed by atoms with E-state index in [9.17, 15) is 9.90 Å². The SMILES string of the molecule is O=c1[nH]c2ncc(-c3cnc4[nH]cc(Cl)c4c3)cc2n1C[C@H]1CC[C@@H](O)CC1. The maximum atomic E-state index is 12.5. The summed E-state index contributed by atoms with van der Waals surface area (Å²) in [6.45, 7) is 0.637. The van der Waals surface area contributed by atoms with Crippen molar-refractivity contribution in [3.8, 4) is 11.1 Å². The number of nitrogens with zero attached hydrogens (tertiary/aromatic N) is 3. The molecule has 0 atom stereocenters. The van der Waals surface area contributed by atoms with Crippen LogP contribution in [0.2, 0.25) is 5.02 Å². The van der Waals surface area contributed by atoms with Crippen molar-refractivity contribution < 1.29 is 5.11 Å². The van der Waals surface area contributed by atoms with E-state index in [0.717, 1.165) is 53.4 Å². The Morgan fingerprint density at radius 1 is 1.11 bits per heavy atom. The molecule has 0 saturated heterocycles. The first-order chi connectivity index (χ1) is 13.6. The molecule has 28 heavy (non-hydrogen) atoms. The number of aliphatic hydroxyl groups excluding tert-OH is 1. The van der Waals surface area contributed by atoms with E-state index in [-0.39, 0.29) is 11.8 Å². The number of H-pyrrole nitrogens is 2. The average molecular weight is 398 g/mol. The van der Waals surface area contributed by atoms with Gasteiger partial charge in [0.05, 0.1) is 16.6 Å². The van der Waals surface area contributed by atoms with E-state index in [0.29, 0.717) is 23.1 Å². The Morgan fingerprint density at radius 2 is 1.82 bits per heavy atom. The molecule has 4 aromatic rings. The fourth-order valence-corrected chi connectivity index (χ4v) is 4.29. The van der Waals surface area contributed by atoms with Crippen molar-refractivity contribution in [3.05, 3.63) is 46.2 Å². The predicted molar refractivity (Wildman–Crippen MR) is 108 cm³/mol. The molecule has 3 N–H and O–H groups in total. The van der Waals surface area contributed by atoms with Crippen molar-refractivity contribution in [2.45, 2.75) is 38.3 Å². The minimum Gasteiger partial charge on any atom is -0.393 e. The van der Waals surface area contributed by atoms with Gasteiger partial charge in [0.1, 0.15) is 5.65 Å². The number of aliphatic hydroxyl groups is 1. The summed E-state index contributed by atoms with van der Waals surface area (Å²) < 4.78 is 1.77. The smallest absolute Gasteiger partial charge is 0.327 e. The summed E-state index contributed by atoms with van der Waals surface area (Å²) in [6.07, 6.45) is 8.49. The van der Waals surface area contributed by atoms with Gasteiger partial charge in [0, 0.05) is 41.6 Å². The lowest BCUT2D eigenvalue weighted by molar-refractivity contribution is 0.104. The summed E-state index contributed by atoms with van der Waals surface area (Å²) in [5.74, 6) is 0.389. The Hall–Kier alpha value is -2.64. The molecule has 0 amide bonds. The van der Waals surface area contributed by atoms with Crippen molar-refractivity contribution in [1.82, 2.24) is 24.5 Å². The first-order valence-corrected chi connectivity index (χ1v) is 9.86. The van der Waals surface area contributed by atoms with Crippen molar-refractivity contribution in [2.75, 3.05) is 0 Å². The largest absolute Gasteiger partial charge is 0.393 e. The van der Waals surface area contributed by atoms with Gasteiger partial charge in [0.25, 0.3) is 0 Å². The van der Waals surface area contributed by atoms with Gasteiger partial charge in [0.2, 0.25) is 0 Å². The Bertz CT molecular complexity index is 1220. The molecule has 1 aliphatic rings. The van der Waals surface area contributed by atoms with Gasteiger partial charge in [-0.1, -0.05) is 11.6 Å². The van der Waals surface area contributed by atoms with Gasteiger partial charge >= 0.3 is 5.69 Å². The summed E-state index contributed by atoms with van der Waals surface area (Å²) in [4.78, 5) is 27.2. The number of hydrogen-bond acceptors (Lipinski definition) is 4. The molecule has 0 spiro atoms. The van der Waals surface area contributed by atoms with Crippen LogP contribution >= 0.6 is 11.6 Å². The molecule has 1 saturated carbocycles. The first-order valence-electron chi connectivity index (χ1n) is 9.48. The zero-order valence-electron chi connectivity index (χ0n) is 15.2. The van der Waals surface area contributed by atoms with Crippen molar-refractivity contribution >= 4 is 33.8 Å². The number of rotatable bonds is 3. The maximum Gasteiger partial charge on any atom is 0.327 e. The number of aromatic amines is 2. The summed E-state index contributed by atoms with van der Waals surface area (Å²) in [5.41, 5.74) is 3.73. The van der Waals surface area contributed by atoms with Gasteiger partial charge in [-0.15, -0.1) is 0 Å². The Balaban J connectivity index is 1.54. The minimum atomic E-state index is -0.202. The molecule has 8 heteroatoms. The number of aromatic nitrogens is 5. The monoisotopic (exact) mass is 397 g/mol. The zero-order valence-corrected chi connectivity index (χ0v) is 15.9. The Kier molecular flexibility index (Phi) is 4.21. The molecule has 5 rings (SSSR count). The van der Waals surface area contributed by atoms with Crippen molar-refractivity contribution in [1.29, 1.82) is 0 Å². The molecule has 7 nitrogen and oxygen atoms in total. The standard InChI is InChI=1S/C20H20ClN5O2/c21-16-9-24-18-15(16)5-12(7-22-18)13-6-17-19(23-8-13)25-20(28)26(17)10-11-1-3-14(27)4-2-11/h5-9,11,14,27H,1-4,10H2,(H,22,24)(H,23,25,28)/t11-,14+. The summed E-state index contributed by atoms with van der Waals surface area (Å²) >= 11 is 6.22. The molecule has 0 aliphatic heterocycles. The second-order valence-corrected chi connectivity index (χ2v) is 7.97. The van der Waals surface area contributed by atoms with Crippen LogP contribution in [0.1, 0.15) is 25.7 Å². The molecule has 1 aliphatic carbocycles. The van der Waals surface area contributed by atoms with Gasteiger partial charge in [-0.3, -0.25) is 9.55 Å². The van der Waals surface area contributed by atoms with Crippen LogP contribution in [-0.4, -0.2) is 35.7 Å². The van der Waals surface area contributed by atoms with E-state index < -0.39 is 0 Å². The van der Waals surface area contributed by atoms with E-state index in [4.69, 9.17) is 11.6 Å². The molecular weight excluding hydrogens is 378 g/mol. The van der Waals surface area contributed by atoms with Crippen LogP contribution < -0.4 is 5.69 Å². The Labute approximate surface area is 165 Å². The number of imidazole rings is 1. The highest BCUT2D eigenvalue weighted by molar-refractivity contribution is 6.35. The summed E-state index contributed by atoms with van der Waals surface area (Å²) in [6, 6.07) is 3.95. The normalized spacial score (nSPS) is 20.2. The minimum absolute atomic E-state index is 0.145. The Morgan fingerprint density at radius 3 is 2.61 bits per heavy atom. The van der Waals surface area contributed by atoms with Crippen LogP contribution in [0.4, 0.5) is 0 Å². The fourth-order valence-electron chi connectivity index (χ4n) is 4.09. The van der Waals surface area contributed by atoms with Gasteiger partial charge in [-0.25, -0.2) is 14.8 Å². The first kappa shape index (κ1) is 17.5. The highest BCUT2D eigenvalue weighted by Crippen LogP contribution is 2.29. The number of hydrogen-bond donors (Lipinski definition) is 3. The highest BCUT2D eigenvalue weighted by atomic mass is 35.5. The lowest BCUT2D eigenvalue weighted by Gasteiger charge is -2.25. The van der Waals surface area contributed by atoms with Crippen molar-refractivity contribution in [2.24, 2.45) is 5.92 Å². The van der Waals surface area contributed by atoms with Crippen molar-refractivity contribution in [3.63, 3.8) is 0 Å². The van der Waals surface area contributed by atoms with Gasteiger partial charge in [-0.05, 0) is 43.7 Å². The van der Waals surface area contributed by atoms with Crippen LogP contribution in [0.15, 0.2) is 35.5 Å². The molecule has 0 radical (unpaired) electrons. The van der Waals surface area contributed by atoms with E-state index in [1.807, 2.05) is 12.1 Å². The maximum absolute atomic E-state index is 12.5. The zero-order chi connectivity index (χ0) is 19.3. The van der Waals surface area contributed by atoms with E-state index >= 15 is 0 Å². The second kappa shape index (κ2) is 6.76. The predicted octanol–water partition coefficient (Wildman–Crippen LogP) is 3.47. The highest BCUT2D eigenvalue weighted by Gasteiger charge is 2.21. The third-order valence-corrected chi connectivity index (χ3v) is 6.01. The number of pyridine rings is 2. The van der Waals surface area contributed by atoms with Gasteiger partial charge in [-0.2, -0.15) is 0 Å². The lowest BCUT2D eigenvalue weighted by Crippen LogP contribution is -2.26. The van der Waals surface area contributed by atoms with Crippen LogP contribution in [0, 0.1) is 5.92 Å². The number of fused-ring (bicyclic) bond motifs is 2. The summed E-state index contributed by atoms with van der Waals surface area (Å²) in [7, 11) is 0. The molecule has 144 valence electrons. The lowest BCUT2D eigenvalue weighted by atomic mass is 9.87. The fraction of sp³-hybridized carbons (Fsp3) is 0.350. The third kappa shape index (κ3) is 3.00. The summed E-state index contributed by atoms with van der Waals surface area (Å²) in [5, 5.41) is 11.2. The second-order valence-electron chi connectivity index (χ2n) is 7.56. The number of nitrogens with one attached hydrogen (secondary N) is 2.